The van der Waals surface area contributed by atoms with Crippen LogP contribution in [0.1, 0.15) is 29.2 Å². The molecule has 11 rings (SSSR count). The fraction of sp³-hybridized carbons (Fsp3) is 0.0357. The van der Waals surface area contributed by atoms with E-state index >= 15 is 0 Å². The van der Waals surface area contributed by atoms with Crippen LogP contribution in [0.3, 0.4) is 0 Å². The molecule has 0 radical (unpaired) electrons. The molecule has 10 aromatic rings. The van der Waals surface area contributed by atoms with Gasteiger partial charge in [0.05, 0.1) is 23.1 Å². The summed E-state index contributed by atoms with van der Waals surface area (Å²) in [4.78, 5) is 20.7. The van der Waals surface area contributed by atoms with Gasteiger partial charge in [-0.3, -0.25) is 4.99 Å². The average Bonchev–Trinajstić information content (AvgIpc) is 3.73. The Hall–Kier alpha value is -7.60. The number of aromatic nitrogens is 2. The van der Waals surface area contributed by atoms with E-state index < -0.39 is 0 Å². The van der Waals surface area contributed by atoms with E-state index in [1.54, 1.807) is 0 Å². The van der Waals surface area contributed by atoms with Crippen molar-refractivity contribution in [3.63, 3.8) is 0 Å². The van der Waals surface area contributed by atoms with Crippen LogP contribution in [-0.4, -0.2) is 21.5 Å². The van der Waals surface area contributed by atoms with Gasteiger partial charge in [-0.1, -0.05) is 182 Å². The summed E-state index contributed by atoms with van der Waals surface area (Å²) in [5, 5.41) is 2.49. The van der Waals surface area contributed by atoms with Crippen molar-refractivity contribution < 1.29 is 0 Å². The lowest BCUT2D eigenvalue weighted by Gasteiger charge is -2.21. The van der Waals surface area contributed by atoms with Gasteiger partial charge in [-0.2, -0.15) is 0 Å². The Balaban J connectivity index is 0.959. The van der Waals surface area contributed by atoms with Crippen LogP contribution in [-0.2, 0) is 0 Å². The zero-order valence-corrected chi connectivity index (χ0v) is 34.0. The topological polar surface area (TPSA) is 50.5 Å². The highest BCUT2D eigenvalue weighted by Gasteiger charge is 2.22. The Labute approximate surface area is 359 Å². The normalized spacial score (nSPS) is 13.9. The van der Waals surface area contributed by atoms with Gasteiger partial charge in [0, 0.05) is 48.8 Å². The smallest absolute Gasteiger partial charge is 0.160 e. The van der Waals surface area contributed by atoms with E-state index in [9.17, 15) is 0 Å². The number of thiophene rings is 1. The molecule has 0 saturated heterocycles. The minimum absolute atomic E-state index is 0.00489. The van der Waals surface area contributed by atoms with Crippen LogP contribution in [0.15, 0.2) is 222 Å². The molecule has 0 amide bonds. The summed E-state index contributed by atoms with van der Waals surface area (Å²) in [6, 6.07) is 74.7. The third-order valence-electron chi connectivity index (χ3n) is 11.4. The second kappa shape index (κ2) is 15.9. The maximum Gasteiger partial charge on any atom is 0.160 e. The van der Waals surface area contributed by atoms with Crippen molar-refractivity contribution in [1.82, 2.24) is 9.97 Å². The fourth-order valence-corrected chi connectivity index (χ4v) is 9.58. The molecule has 0 aliphatic carbocycles. The summed E-state index contributed by atoms with van der Waals surface area (Å²) in [5.41, 5.74) is 13.9. The molecule has 0 fully saturated rings. The van der Waals surface area contributed by atoms with E-state index in [-0.39, 0.29) is 6.04 Å². The Bertz CT molecular complexity index is 3210. The highest BCUT2D eigenvalue weighted by Crippen LogP contribution is 2.42. The molecular formula is C56H38N4S. The molecule has 1 aliphatic heterocycles. The molecule has 61 heavy (non-hydrogen) atoms. The molecule has 0 spiro atoms. The lowest BCUT2D eigenvalue weighted by atomic mass is 9.95. The summed E-state index contributed by atoms with van der Waals surface area (Å²) in [5.74, 6) is 1.47. The van der Waals surface area contributed by atoms with Crippen LogP contribution >= 0.6 is 11.3 Å². The summed E-state index contributed by atoms with van der Waals surface area (Å²) < 4.78 is 2.51. The Morgan fingerprint density at radius 2 is 0.967 bits per heavy atom. The zero-order valence-electron chi connectivity index (χ0n) is 33.2. The lowest BCUT2D eigenvalue weighted by Crippen LogP contribution is -2.17. The monoisotopic (exact) mass is 798 g/mol. The van der Waals surface area contributed by atoms with Gasteiger partial charge in [0.25, 0.3) is 0 Å². The fourth-order valence-electron chi connectivity index (χ4n) is 8.36. The Kier molecular flexibility index (Phi) is 9.49. The highest BCUT2D eigenvalue weighted by atomic mass is 32.1. The standard InChI is InChI=1S/C56H38N4S/c1-5-16-37(17-6-1)49-35-50(38-18-7-2-8-19-38)58-55(57-49)44-26-13-24-41(32-44)42-30-31-53-48(34-42)47-29-15-28-46(54(47)61-53)43-25-14-27-45(33-43)56-59-51(39-20-9-3-10-21-39)36-52(60-56)40-22-11-4-12-23-40/h1-34,36,49H,35H2. The molecule has 1 aliphatic rings. The summed E-state index contributed by atoms with van der Waals surface area (Å²) in [6.07, 6.45) is 0.760. The van der Waals surface area contributed by atoms with E-state index in [0.29, 0.717) is 5.82 Å². The first-order valence-corrected chi connectivity index (χ1v) is 21.4. The second-order valence-electron chi connectivity index (χ2n) is 15.4. The number of aliphatic imine (C=N–C) groups is 2. The third-order valence-corrected chi connectivity index (χ3v) is 12.7. The van der Waals surface area contributed by atoms with Crippen LogP contribution in [0.2, 0.25) is 0 Å². The van der Waals surface area contributed by atoms with Crippen molar-refractivity contribution in [2.75, 3.05) is 0 Å². The molecule has 2 aromatic heterocycles. The van der Waals surface area contributed by atoms with Crippen LogP contribution in [0.25, 0.3) is 76.3 Å². The number of benzene rings is 8. The average molecular weight is 799 g/mol. The molecule has 4 nitrogen and oxygen atoms in total. The minimum Gasteiger partial charge on any atom is -0.258 e. The molecule has 8 aromatic carbocycles. The molecule has 0 N–H and O–H groups in total. The van der Waals surface area contributed by atoms with Crippen molar-refractivity contribution in [2.45, 2.75) is 12.5 Å². The second-order valence-corrected chi connectivity index (χ2v) is 16.4. The van der Waals surface area contributed by atoms with Crippen molar-refractivity contribution in [2.24, 2.45) is 9.98 Å². The summed E-state index contributed by atoms with van der Waals surface area (Å²) >= 11 is 1.84. The van der Waals surface area contributed by atoms with Gasteiger partial charge in [-0.25, -0.2) is 15.0 Å². The number of hydrogen-bond donors (Lipinski definition) is 0. The number of hydrogen-bond acceptors (Lipinski definition) is 5. The Morgan fingerprint density at radius 3 is 1.67 bits per heavy atom. The van der Waals surface area contributed by atoms with Gasteiger partial charge in [0.15, 0.2) is 11.7 Å². The van der Waals surface area contributed by atoms with Crippen molar-refractivity contribution in [3.8, 4) is 56.2 Å². The molecule has 5 heteroatoms. The van der Waals surface area contributed by atoms with Crippen LogP contribution in [0, 0.1) is 0 Å². The van der Waals surface area contributed by atoms with E-state index in [0.717, 1.165) is 73.9 Å². The number of nitrogens with zero attached hydrogens (tertiary/aromatic N) is 4. The van der Waals surface area contributed by atoms with Crippen LogP contribution in [0.4, 0.5) is 0 Å². The quantitative estimate of drug-likeness (QED) is 0.154. The molecule has 0 saturated carbocycles. The lowest BCUT2D eigenvalue weighted by molar-refractivity contribution is 0.753. The predicted octanol–water partition coefficient (Wildman–Crippen LogP) is 14.6. The van der Waals surface area contributed by atoms with Gasteiger partial charge in [-0.15, -0.1) is 11.3 Å². The van der Waals surface area contributed by atoms with Gasteiger partial charge in [0.1, 0.15) is 0 Å². The molecule has 0 bridgehead atoms. The van der Waals surface area contributed by atoms with Gasteiger partial charge in [-0.05, 0) is 63.7 Å². The van der Waals surface area contributed by atoms with Crippen molar-refractivity contribution >= 4 is 43.1 Å². The largest absolute Gasteiger partial charge is 0.258 e. The Morgan fingerprint density at radius 1 is 0.410 bits per heavy atom. The van der Waals surface area contributed by atoms with Crippen LogP contribution in [0.5, 0.6) is 0 Å². The van der Waals surface area contributed by atoms with Gasteiger partial charge < -0.3 is 0 Å². The first-order valence-electron chi connectivity index (χ1n) is 20.6. The van der Waals surface area contributed by atoms with Crippen molar-refractivity contribution in [1.29, 1.82) is 0 Å². The maximum atomic E-state index is 5.24. The summed E-state index contributed by atoms with van der Waals surface area (Å²) in [6.45, 7) is 0. The molecular weight excluding hydrogens is 761 g/mol. The minimum atomic E-state index is -0.00489. The molecule has 3 heterocycles. The van der Waals surface area contributed by atoms with E-state index in [2.05, 4.69) is 200 Å². The predicted molar refractivity (Wildman–Crippen MR) is 255 cm³/mol. The molecule has 288 valence electrons. The van der Waals surface area contributed by atoms with E-state index in [4.69, 9.17) is 20.0 Å². The van der Waals surface area contributed by atoms with E-state index in [1.165, 1.54) is 31.3 Å². The zero-order chi connectivity index (χ0) is 40.5. The van der Waals surface area contributed by atoms with E-state index in [1.807, 2.05) is 23.5 Å². The highest BCUT2D eigenvalue weighted by molar-refractivity contribution is 7.26. The van der Waals surface area contributed by atoms with Crippen molar-refractivity contribution in [3.05, 3.63) is 229 Å². The maximum absolute atomic E-state index is 5.24. The molecule has 1 atom stereocenters. The van der Waals surface area contributed by atoms with Crippen LogP contribution < -0.4 is 0 Å². The number of amidine groups is 1. The number of rotatable bonds is 8. The molecule has 1 unspecified atom stereocenters. The van der Waals surface area contributed by atoms with Gasteiger partial charge in [0.2, 0.25) is 0 Å². The summed E-state index contributed by atoms with van der Waals surface area (Å²) in [7, 11) is 0. The third kappa shape index (κ3) is 7.26. The number of fused-ring (bicyclic) bond motifs is 3. The SMILES string of the molecule is c1ccc(C2=NC(c3cccc(-c4ccc5sc6c(-c7cccc(-c8nc(-c9ccccc9)cc(-c9ccccc9)n8)c7)cccc6c5c4)c3)=NC(c3ccccc3)C2)cc1. The first kappa shape index (κ1) is 36.5. The van der Waals surface area contributed by atoms with Gasteiger partial charge >= 0.3 is 0 Å². The first-order chi connectivity index (χ1) is 30.2.